The van der Waals surface area contributed by atoms with E-state index in [1.54, 1.807) is 19.1 Å². The van der Waals surface area contributed by atoms with Crippen molar-refractivity contribution in [2.75, 3.05) is 19.8 Å². The number of rotatable bonds is 11. The van der Waals surface area contributed by atoms with Crippen LogP contribution in [-0.4, -0.2) is 65.4 Å². The topological polar surface area (TPSA) is 169 Å². The summed E-state index contributed by atoms with van der Waals surface area (Å²) in [5.41, 5.74) is -2.09. The fraction of sp³-hybridized carbons (Fsp3) is 0.724. The predicted molar refractivity (Wildman–Crippen MR) is 142 cm³/mol. The fourth-order valence-corrected chi connectivity index (χ4v) is 8.13. The highest BCUT2D eigenvalue weighted by Gasteiger charge is 2.70. The molecule has 4 aliphatic rings. The van der Waals surface area contributed by atoms with Gasteiger partial charge in [0.2, 0.25) is 5.78 Å². The molecule has 0 amide bonds. The minimum Gasteiger partial charge on any atom is -0.457 e. The number of fused-ring (bicyclic) bond motifs is 5. The van der Waals surface area contributed by atoms with Crippen LogP contribution in [0.1, 0.15) is 72.1 Å². The number of ketones is 2. The molecule has 0 aromatic rings. The van der Waals surface area contributed by atoms with Crippen LogP contribution in [0, 0.1) is 38.7 Å². The lowest BCUT2D eigenvalue weighted by Gasteiger charge is -2.59. The first-order valence-corrected chi connectivity index (χ1v) is 14.3. The Morgan fingerprint density at radius 1 is 1.17 bits per heavy atom. The molecule has 0 unspecified atom stereocenters. The van der Waals surface area contributed by atoms with Gasteiger partial charge in [-0.2, -0.15) is 0 Å². The highest BCUT2D eigenvalue weighted by molar-refractivity contribution is 6.01. The van der Waals surface area contributed by atoms with Gasteiger partial charge in [-0.05, 0) is 75.9 Å². The number of nitrogens with zero attached hydrogens (tertiary/aromatic N) is 1. The first-order valence-electron chi connectivity index (χ1n) is 14.3. The Kier molecular flexibility index (Phi) is 8.91. The molecule has 0 heterocycles. The summed E-state index contributed by atoms with van der Waals surface area (Å²) < 4.78 is 16.2. The van der Waals surface area contributed by atoms with Gasteiger partial charge in [0, 0.05) is 23.2 Å². The zero-order chi connectivity index (χ0) is 30.0. The van der Waals surface area contributed by atoms with E-state index in [1.807, 2.05) is 13.0 Å². The largest absolute Gasteiger partial charge is 0.509 e. The van der Waals surface area contributed by atoms with Crippen molar-refractivity contribution in [3.05, 3.63) is 33.9 Å². The molecule has 0 radical (unpaired) electrons. The third-order valence-corrected chi connectivity index (χ3v) is 9.92. The van der Waals surface area contributed by atoms with Crippen LogP contribution in [0.3, 0.4) is 0 Å². The van der Waals surface area contributed by atoms with Gasteiger partial charge in [0.25, 0.3) is 5.09 Å². The summed E-state index contributed by atoms with van der Waals surface area (Å²) in [5, 5.41) is 21.0. The third kappa shape index (κ3) is 5.62. The van der Waals surface area contributed by atoms with E-state index >= 15 is 0 Å². The number of Topliss-reactive ketones (excluding diaryl/α,β-unsaturated/α-hetero) is 1. The zero-order valence-electron chi connectivity index (χ0n) is 23.8. The maximum absolute atomic E-state index is 13.9. The Balaban J connectivity index is 1.54. The summed E-state index contributed by atoms with van der Waals surface area (Å²) in [5.74, 6) is -1.53. The smallest absolute Gasteiger partial charge is 0.457 e. The van der Waals surface area contributed by atoms with Gasteiger partial charge in [-0.15, -0.1) is 10.1 Å². The molecule has 3 saturated carbocycles. The number of allylic oxidation sites excluding steroid dienone is 4. The Labute approximate surface area is 238 Å². The second-order valence-electron chi connectivity index (χ2n) is 12.0. The van der Waals surface area contributed by atoms with Crippen LogP contribution in [0.25, 0.3) is 0 Å². The summed E-state index contributed by atoms with van der Waals surface area (Å²) >= 11 is 0. The van der Waals surface area contributed by atoms with E-state index in [1.165, 1.54) is 0 Å². The third-order valence-electron chi connectivity index (χ3n) is 9.92. The van der Waals surface area contributed by atoms with Crippen molar-refractivity contribution in [2.45, 2.75) is 83.8 Å². The van der Waals surface area contributed by atoms with Crippen LogP contribution < -0.4 is 0 Å². The molecule has 0 aromatic heterocycles. The Bertz CT molecular complexity index is 1150. The van der Waals surface area contributed by atoms with Gasteiger partial charge in [0.05, 0.1) is 19.3 Å². The molecule has 4 rings (SSSR count). The molecular formula is C29H39NO11. The maximum Gasteiger partial charge on any atom is 0.509 e. The summed E-state index contributed by atoms with van der Waals surface area (Å²) in [6, 6.07) is 0. The van der Waals surface area contributed by atoms with Crippen LogP contribution in [0.2, 0.25) is 0 Å². The normalized spacial score (nSPS) is 35.3. The molecule has 3 fully saturated rings. The van der Waals surface area contributed by atoms with Crippen LogP contribution >= 0.6 is 0 Å². The number of carbonyl (C=O) groups is 4. The van der Waals surface area contributed by atoms with E-state index in [9.17, 15) is 34.4 Å². The number of hydrogen-bond acceptors (Lipinski definition) is 11. The molecule has 0 saturated heterocycles. The highest BCUT2D eigenvalue weighted by atomic mass is 16.9. The van der Waals surface area contributed by atoms with Crippen molar-refractivity contribution >= 4 is 23.7 Å². The highest BCUT2D eigenvalue weighted by Crippen LogP contribution is 2.68. The molecular weight excluding hydrogens is 538 g/mol. The SMILES string of the molecule is CCOC(=O)O[C@]1(C(=O)COC(=O)CCCCO[N+](=O)[O-])CC[C@H]2[C@@H]3CCC4=CC(=O)C=C[C@]4(C)[C@H]3[C@@H](O)C[C@@]21C. The average molecular weight is 578 g/mol. The van der Waals surface area contributed by atoms with E-state index in [0.717, 1.165) is 12.0 Å². The Morgan fingerprint density at radius 3 is 2.63 bits per heavy atom. The Morgan fingerprint density at radius 2 is 1.93 bits per heavy atom. The van der Waals surface area contributed by atoms with E-state index in [2.05, 4.69) is 11.8 Å². The van der Waals surface area contributed by atoms with Crippen molar-refractivity contribution in [3.8, 4) is 0 Å². The number of carbonyl (C=O) groups excluding carboxylic acids is 4. The zero-order valence-corrected chi connectivity index (χ0v) is 23.8. The summed E-state index contributed by atoms with van der Waals surface area (Å²) in [6.45, 7) is 4.82. The van der Waals surface area contributed by atoms with Gasteiger partial charge < -0.3 is 24.2 Å². The van der Waals surface area contributed by atoms with Crippen molar-refractivity contribution in [1.82, 2.24) is 0 Å². The number of unbranched alkanes of at least 4 members (excludes halogenated alkanes) is 1. The molecule has 41 heavy (non-hydrogen) atoms. The first kappa shape index (κ1) is 30.7. The summed E-state index contributed by atoms with van der Waals surface area (Å²) in [4.78, 5) is 65.4. The fourth-order valence-electron chi connectivity index (χ4n) is 8.13. The lowest BCUT2D eigenvalue weighted by atomic mass is 9.46. The number of hydrogen-bond donors (Lipinski definition) is 1. The van der Waals surface area contributed by atoms with Crippen LogP contribution in [0.5, 0.6) is 0 Å². The molecule has 7 atom stereocenters. The minimum absolute atomic E-state index is 0.00755. The number of ether oxygens (including phenoxy) is 3. The van der Waals surface area contributed by atoms with Gasteiger partial charge in [-0.1, -0.05) is 25.5 Å². The van der Waals surface area contributed by atoms with Gasteiger partial charge in [0.1, 0.15) is 0 Å². The van der Waals surface area contributed by atoms with Gasteiger partial charge in [-0.3, -0.25) is 14.4 Å². The molecule has 0 aliphatic heterocycles. The van der Waals surface area contributed by atoms with E-state index in [-0.39, 0.29) is 68.9 Å². The first-order chi connectivity index (χ1) is 19.4. The summed E-state index contributed by atoms with van der Waals surface area (Å²) in [7, 11) is 0. The van der Waals surface area contributed by atoms with E-state index < -0.39 is 52.1 Å². The van der Waals surface area contributed by atoms with Crippen LogP contribution in [0.4, 0.5) is 4.79 Å². The quantitative estimate of drug-likeness (QED) is 0.165. The minimum atomic E-state index is -1.66. The molecule has 226 valence electrons. The van der Waals surface area contributed by atoms with E-state index in [4.69, 9.17) is 14.2 Å². The molecule has 0 spiro atoms. The molecule has 12 heteroatoms. The predicted octanol–water partition coefficient (Wildman–Crippen LogP) is 3.67. The maximum atomic E-state index is 13.9. The number of aliphatic hydroxyl groups is 1. The van der Waals surface area contributed by atoms with Crippen molar-refractivity contribution in [1.29, 1.82) is 0 Å². The van der Waals surface area contributed by atoms with Gasteiger partial charge >= 0.3 is 12.1 Å². The van der Waals surface area contributed by atoms with Crippen molar-refractivity contribution in [2.24, 2.45) is 28.6 Å². The van der Waals surface area contributed by atoms with Crippen LogP contribution in [-0.2, 0) is 33.4 Å². The monoisotopic (exact) mass is 577 g/mol. The molecule has 0 aromatic carbocycles. The lowest BCUT2D eigenvalue weighted by molar-refractivity contribution is -0.757. The van der Waals surface area contributed by atoms with Crippen LogP contribution in [0.15, 0.2) is 23.8 Å². The lowest BCUT2D eigenvalue weighted by Crippen LogP contribution is -2.63. The van der Waals surface area contributed by atoms with Crippen molar-refractivity contribution < 1.29 is 48.4 Å². The Hall–Kier alpha value is -3.28. The number of aliphatic hydroxyl groups excluding tert-OH is 1. The van der Waals surface area contributed by atoms with Crippen molar-refractivity contribution in [3.63, 3.8) is 0 Å². The van der Waals surface area contributed by atoms with E-state index in [0.29, 0.717) is 12.8 Å². The molecule has 12 nitrogen and oxygen atoms in total. The average Bonchev–Trinajstić information content (AvgIpc) is 3.19. The standard InChI is InChI=1S/C29H39NO11/c1-4-38-26(35)41-29(23(33)17-39-24(34)7-5-6-14-40-30(36)37)13-11-21-20-9-8-18-15-19(31)10-12-27(18,2)25(20)22(32)16-28(21,29)3/h10,12,15,20-22,25,32H,4-9,11,13-14,16-17H2,1-3H3/t20-,21-,22-,25+,27-,28-,29-/m0/s1. The molecule has 1 N–H and O–H groups in total. The number of esters is 1. The van der Waals surface area contributed by atoms with Gasteiger partial charge in [0.15, 0.2) is 18.0 Å². The summed E-state index contributed by atoms with van der Waals surface area (Å²) in [6.07, 6.45) is 6.14. The molecule has 4 aliphatic carbocycles. The second-order valence-corrected chi connectivity index (χ2v) is 12.0. The molecule has 0 bridgehead atoms. The second kappa shape index (κ2) is 11.9. The van der Waals surface area contributed by atoms with Gasteiger partial charge in [-0.25, -0.2) is 4.79 Å².